The maximum Gasteiger partial charge on any atom is 0.341 e. The van der Waals surface area contributed by atoms with Gasteiger partial charge in [-0.05, 0) is 55.9 Å². The minimum atomic E-state index is -0.687. The molecule has 1 N–H and O–H groups in total. The molecule has 1 aliphatic rings. The van der Waals surface area contributed by atoms with Gasteiger partial charge in [-0.3, -0.25) is 4.79 Å². The molecule has 0 spiro atoms. The molecule has 7 heteroatoms. The number of halogens is 1. The van der Waals surface area contributed by atoms with Gasteiger partial charge in [-0.25, -0.2) is 4.79 Å². The summed E-state index contributed by atoms with van der Waals surface area (Å²) in [6, 6.07) is 6.94. The van der Waals surface area contributed by atoms with Crippen molar-refractivity contribution in [3.63, 3.8) is 0 Å². The Morgan fingerprint density at radius 3 is 2.78 bits per heavy atom. The summed E-state index contributed by atoms with van der Waals surface area (Å²) in [5, 5.41) is 3.98. The van der Waals surface area contributed by atoms with E-state index < -0.39 is 12.1 Å². The number of rotatable bonds is 6. The monoisotopic (exact) mass is 407 g/mol. The molecule has 1 heterocycles. The molecule has 1 aromatic carbocycles. The summed E-state index contributed by atoms with van der Waals surface area (Å²) >= 11 is 7.44. The minimum Gasteiger partial charge on any atom is -0.481 e. The zero-order valence-corrected chi connectivity index (χ0v) is 16.9. The molecule has 144 valence electrons. The van der Waals surface area contributed by atoms with Crippen LogP contribution in [0.5, 0.6) is 5.75 Å². The molecular weight excluding hydrogens is 386 g/mol. The van der Waals surface area contributed by atoms with Crippen LogP contribution in [0, 0.1) is 0 Å². The molecule has 0 fully saturated rings. The van der Waals surface area contributed by atoms with Crippen LogP contribution in [0.25, 0.3) is 0 Å². The minimum absolute atomic E-state index is 0.291. The number of anilines is 1. The average molecular weight is 408 g/mol. The third-order valence-corrected chi connectivity index (χ3v) is 5.98. The molecule has 0 radical (unpaired) electrons. The van der Waals surface area contributed by atoms with Crippen LogP contribution in [0.4, 0.5) is 5.00 Å². The van der Waals surface area contributed by atoms with Gasteiger partial charge in [-0.15, -0.1) is 11.3 Å². The van der Waals surface area contributed by atoms with Crippen molar-refractivity contribution >= 4 is 39.8 Å². The lowest BCUT2D eigenvalue weighted by Crippen LogP contribution is -2.32. The number of carbonyl (C=O) groups is 2. The molecule has 27 heavy (non-hydrogen) atoms. The molecule has 0 saturated heterocycles. The number of methoxy groups -OCH3 is 1. The normalized spacial score (nSPS) is 14.2. The van der Waals surface area contributed by atoms with Crippen molar-refractivity contribution in [2.24, 2.45) is 0 Å². The summed E-state index contributed by atoms with van der Waals surface area (Å²) in [6.45, 7) is 1.87. The lowest BCUT2D eigenvalue weighted by molar-refractivity contribution is -0.122. The second-order valence-corrected chi connectivity index (χ2v) is 7.91. The van der Waals surface area contributed by atoms with E-state index in [-0.39, 0.29) is 5.91 Å². The number of amides is 1. The molecular formula is C20H22ClNO4S. The topological polar surface area (TPSA) is 64.6 Å². The van der Waals surface area contributed by atoms with E-state index >= 15 is 0 Å². The molecule has 1 aromatic heterocycles. The van der Waals surface area contributed by atoms with Gasteiger partial charge in [0, 0.05) is 9.90 Å². The van der Waals surface area contributed by atoms with Gasteiger partial charge in [-0.1, -0.05) is 24.6 Å². The van der Waals surface area contributed by atoms with Gasteiger partial charge in [0.05, 0.1) is 12.7 Å². The Labute approximate surface area is 167 Å². The van der Waals surface area contributed by atoms with Gasteiger partial charge in [0.2, 0.25) is 0 Å². The van der Waals surface area contributed by atoms with E-state index in [1.165, 1.54) is 18.4 Å². The number of benzene rings is 1. The van der Waals surface area contributed by atoms with Crippen molar-refractivity contribution in [3.05, 3.63) is 45.3 Å². The third-order valence-electron chi connectivity index (χ3n) is 4.54. The number of thiophene rings is 1. The van der Waals surface area contributed by atoms with Gasteiger partial charge in [0.1, 0.15) is 10.8 Å². The second kappa shape index (κ2) is 8.76. The summed E-state index contributed by atoms with van der Waals surface area (Å²) in [5.41, 5.74) is 1.50. The van der Waals surface area contributed by atoms with Crippen LogP contribution in [0.2, 0.25) is 5.02 Å². The number of carbonyl (C=O) groups excluding carboxylic acids is 2. The SMILES string of the molecule is CCC(Oc1cccc(Cl)c1)C(=O)Nc1sc2c(c1C(=O)OC)CCCC2. The first kappa shape index (κ1) is 19.7. The summed E-state index contributed by atoms with van der Waals surface area (Å²) in [4.78, 5) is 26.3. The predicted molar refractivity (Wildman–Crippen MR) is 107 cm³/mol. The maximum atomic E-state index is 12.8. The Hall–Kier alpha value is -2.05. The third kappa shape index (κ3) is 4.45. The van der Waals surface area contributed by atoms with Crippen molar-refractivity contribution in [2.45, 2.75) is 45.1 Å². The van der Waals surface area contributed by atoms with Gasteiger partial charge in [-0.2, -0.15) is 0 Å². The lowest BCUT2D eigenvalue weighted by Gasteiger charge is -2.17. The fraction of sp³-hybridized carbons (Fsp3) is 0.400. The summed E-state index contributed by atoms with van der Waals surface area (Å²) in [6.07, 6.45) is 3.69. The highest BCUT2D eigenvalue weighted by atomic mass is 35.5. The number of fused-ring (bicyclic) bond motifs is 1. The predicted octanol–water partition coefficient (Wildman–Crippen LogP) is 4.86. The highest BCUT2D eigenvalue weighted by Gasteiger charge is 2.28. The van der Waals surface area contributed by atoms with Crippen LogP contribution in [0.1, 0.15) is 47.0 Å². The lowest BCUT2D eigenvalue weighted by atomic mass is 9.95. The maximum absolute atomic E-state index is 12.8. The van der Waals surface area contributed by atoms with Gasteiger partial charge in [0.25, 0.3) is 5.91 Å². The molecule has 1 aliphatic carbocycles. The standard InChI is InChI=1S/C20H22ClNO4S/c1-3-15(26-13-8-6-7-12(21)11-13)18(23)22-19-17(20(24)25-2)14-9-4-5-10-16(14)27-19/h6-8,11,15H,3-5,9-10H2,1-2H3,(H,22,23). The van der Waals surface area contributed by atoms with Crippen LogP contribution in [-0.2, 0) is 22.4 Å². The van der Waals surface area contributed by atoms with E-state index in [1.807, 2.05) is 6.92 Å². The first-order valence-electron chi connectivity index (χ1n) is 8.99. The van der Waals surface area contributed by atoms with Crippen LogP contribution < -0.4 is 10.1 Å². The van der Waals surface area contributed by atoms with Crippen molar-refractivity contribution in [1.82, 2.24) is 0 Å². The van der Waals surface area contributed by atoms with Crippen LogP contribution in [-0.4, -0.2) is 25.1 Å². The van der Waals surface area contributed by atoms with Crippen molar-refractivity contribution in [3.8, 4) is 5.75 Å². The molecule has 0 aliphatic heterocycles. The van der Waals surface area contributed by atoms with Gasteiger partial charge < -0.3 is 14.8 Å². The summed E-state index contributed by atoms with van der Waals surface area (Å²) < 4.78 is 10.7. The zero-order valence-electron chi connectivity index (χ0n) is 15.3. The van der Waals surface area contributed by atoms with E-state index in [0.717, 1.165) is 36.1 Å². The second-order valence-electron chi connectivity index (χ2n) is 6.37. The largest absolute Gasteiger partial charge is 0.481 e. The highest BCUT2D eigenvalue weighted by Crippen LogP contribution is 2.38. The van der Waals surface area contributed by atoms with Gasteiger partial charge >= 0.3 is 5.97 Å². The number of aryl methyl sites for hydroxylation is 1. The Morgan fingerprint density at radius 2 is 2.07 bits per heavy atom. The Balaban J connectivity index is 1.81. The fourth-order valence-corrected chi connectivity index (χ4v) is 4.65. The van der Waals surface area contributed by atoms with Gasteiger partial charge in [0.15, 0.2) is 6.10 Å². The molecule has 1 unspecified atom stereocenters. The number of hydrogen-bond acceptors (Lipinski definition) is 5. The van der Waals surface area contributed by atoms with E-state index in [2.05, 4.69) is 5.32 Å². The Bertz CT molecular complexity index is 849. The first-order chi connectivity index (χ1) is 13.0. The highest BCUT2D eigenvalue weighted by molar-refractivity contribution is 7.17. The molecule has 0 saturated carbocycles. The molecule has 3 rings (SSSR count). The Morgan fingerprint density at radius 1 is 1.30 bits per heavy atom. The quantitative estimate of drug-likeness (QED) is 0.694. The van der Waals surface area contributed by atoms with Crippen molar-refractivity contribution in [2.75, 3.05) is 12.4 Å². The molecule has 2 aromatic rings. The van der Waals surface area contributed by atoms with Crippen LogP contribution in [0.15, 0.2) is 24.3 Å². The Kier molecular flexibility index (Phi) is 6.39. The van der Waals surface area contributed by atoms with Crippen LogP contribution >= 0.6 is 22.9 Å². The zero-order chi connectivity index (χ0) is 19.4. The molecule has 0 bridgehead atoms. The van der Waals surface area contributed by atoms with E-state index in [1.54, 1.807) is 24.3 Å². The number of ether oxygens (including phenoxy) is 2. The molecule has 1 atom stereocenters. The molecule has 5 nitrogen and oxygen atoms in total. The number of nitrogens with one attached hydrogen (secondary N) is 1. The van der Waals surface area contributed by atoms with Crippen molar-refractivity contribution in [1.29, 1.82) is 0 Å². The smallest absolute Gasteiger partial charge is 0.341 e. The fourth-order valence-electron chi connectivity index (χ4n) is 3.19. The van der Waals surface area contributed by atoms with E-state index in [9.17, 15) is 9.59 Å². The van der Waals surface area contributed by atoms with E-state index in [0.29, 0.717) is 27.8 Å². The average Bonchev–Trinajstić information content (AvgIpc) is 3.03. The summed E-state index contributed by atoms with van der Waals surface area (Å²) in [5.74, 6) is -0.169. The number of esters is 1. The van der Waals surface area contributed by atoms with Crippen LogP contribution in [0.3, 0.4) is 0 Å². The van der Waals surface area contributed by atoms with E-state index in [4.69, 9.17) is 21.1 Å². The summed E-state index contributed by atoms with van der Waals surface area (Å²) in [7, 11) is 1.36. The van der Waals surface area contributed by atoms with Crippen molar-refractivity contribution < 1.29 is 19.1 Å². The molecule has 1 amide bonds. The first-order valence-corrected chi connectivity index (χ1v) is 10.2. The number of hydrogen-bond donors (Lipinski definition) is 1.